The lowest BCUT2D eigenvalue weighted by Crippen LogP contribution is -2.49. The van der Waals surface area contributed by atoms with Crippen LogP contribution in [0.25, 0.3) is 10.9 Å². The minimum absolute atomic E-state index is 0.122. The molecule has 3 nitrogen and oxygen atoms in total. The summed E-state index contributed by atoms with van der Waals surface area (Å²) in [6.45, 7) is 0. The standard InChI is InChI=1S/C13H14N2O/c14-11-6-13(16,7-11)10-5-9-3-1-2-4-12(9)15-8-10/h1-5,8,11,16H,6-7,14H2. The van der Waals surface area contributed by atoms with E-state index in [0.717, 1.165) is 16.5 Å². The van der Waals surface area contributed by atoms with Gasteiger partial charge in [0.15, 0.2) is 0 Å². The van der Waals surface area contributed by atoms with E-state index in [1.165, 1.54) is 0 Å². The van der Waals surface area contributed by atoms with Crippen LogP contribution in [0.2, 0.25) is 0 Å². The van der Waals surface area contributed by atoms with Gasteiger partial charge in [-0.15, -0.1) is 0 Å². The molecule has 3 heteroatoms. The first kappa shape index (κ1) is 9.75. The summed E-state index contributed by atoms with van der Waals surface area (Å²) in [4.78, 5) is 4.35. The van der Waals surface area contributed by atoms with Crippen molar-refractivity contribution in [3.05, 3.63) is 42.1 Å². The van der Waals surface area contributed by atoms with E-state index in [0.29, 0.717) is 12.8 Å². The van der Waals surface area contributed by atoms with Gasteiger partial charge in [0.05, 0.1) is 11.1 Å². The van der Waals surface area contributed by atoms with Crippen molar-refractivity contribution in [1.82, 2.24) is 4.98 Å². The molecule has 1 aliphatic rings. The molecular formula is C13H14N2O. The Hall–Kier alpha value is -1.45. The number of aromatic nitrogens is 1. The monoisotopic (exact) mass is 214 g/mol. The van der Waals surface area contributed by atoms with Crippen molar-refractivity contribution >= 4 is 10.9 Å². The number of nitrogens with two attached hydrogens (primary N) is 1. The lowest BCUT2D eigenvalue weighted by molar-refractivity contribution is -0.0524. The van der Waals surface area contributed by atoms with Crippen LogP contribution in [0.3, 0.4) is 0 Å². The third-order valence-electron chi connectivity index (χ3n) is 3.33. The Kier molecular flexibility index (Phi) is 1.99. The molecule has 1 aromatic carbocycles. The number of benzene rings is 1. The van der Waals surface area contributed by atoms with Crippen molar-refractivity contribution in [1.29, 1.82) is 0 Å². The number of rotatable bonds is 1. The fraction of sp³-hybridized carbons (Fsp3) is 0.308. The third-order valence-corrected chi connectivity index (χ3v) is 3.33. The number of hydrogen-bond donors (Lipinski definition) is 2. The Morgan fingerprint density at radius 3 is 2.81 bits per heavy atom. The zero-order chi connectivity index (χ0) is 11.2. The minimum Gasteiger partial charge on any atom is -0.385 e. The lowest BCUT2D eigenvalue weighted by atomic mass is 9.72. The maximum Gasteiger partial charge on any atom is 0.0941 e. The molecule has 0 bridgehead atoms. The molecule has 82 valence electrons. The van der Waals surface area contributed by atoms with Gasteiger partial charge in [-0.1, -0.05) is 18.2 Å². The van der Waals surface area contributed by atoms with Crippen molar-refractivity contribution in [3.63, 3.8) is 0 Å². The van der Waals surface area contributed by atoms with Crippen LogP contribution >= 0.6 is 0 Å². The Bertz CT molecular complexity index is 532. The molecule has 3 N–H and O–H groups in total. The first-order valence-electron chi connectivity index (χ1n) is 5.51. The second-order valence-electron chi connectivity index (χ2n) is 4.62. The molecule has 0 unspecified atom stereocenters. The van der Waals surface area contributed by atoms with Gasteiger partial charge in [0.2, 0.25) is 0 Å². The van der Waals surface area contributed by atoms with Gasteiger partial charge in [-0.2, -0.15) is 0 Å². The van der Waals surface area contributed by atoms with E-state index in [4.69, 9.17) is 5.73 Å². The van der Waals surface area contributed by atoms with E-state index in [-0.39, 0.29) is 6.04 Å². The van der Waals surface area contributed by atoms with Gasteiger partial charge in [0.25, 0.3) is 0 Å². The van der Waals surface area contributed by atoms with Crippen LogP contribution in [-0.4, -0.2) is 16.1 Å². The van der Waals surface area contributed by atoms with Crippen LogP contribution in [0, 0.1) is 0 Å². The molecular weight excluding hydrogens is 200 g/mol. The summed E-state index contributed by atoms with van der Waals surface area (Å²) in [6.07, 6.45) is 3.02. The van der Waals surface area contributed by atoms with Gasteiger partial charge in [-0.25, -0.2) is 0 Å². The van der Waals surface area contributed by atoms with E-state index in [9.17, 15) is 5.11 Å². The first-order valence-corrected chi connectivity index (χ1v) is 5.51. The van der Waals surface area contributed by atoms with E-state index >= 15 is 0 Å². The number of nitrogens with zero attached hydrogens (tertiary/aromatic N) is 1. The van der Waals surface area contributed by atoms with Crippen molar-refractivity contribution in [2.75, 3.05) is 0 Å². The van der Waals surface area contributed by atoms with E-state index in [1.54, 1.807) is 6.20 Å². The second kappa shape index (κ2) is 3.27. The Labute approximate surface area is 93.9 Å². The topological polar surface area (TPSA) is 59.1 Å². The molecule has 3 rings (SSSR count). The SMILES string of the molecule is NC1CC(O)(c2cnc3ccccc3c2)C1. The molecule has 0 radical (unpaired) electrons. The fourth-order valence-corrected chi connectivity index (χ4v) is 2.37. The number of pyridine rings is 1. The van der Waals surface area contributed by atoms with Crippen molar-refractivity contribution in [2.24, 2.45) is 5.73 Å². The fourth-order valence-electron chi connectivity index (χ4n) is 2.37. The van der Waals surface area contributed by atoms with Gasteiger partial charge < -0.3 is 10.8 Å². The van der Waals surface area contributed by atoms with Gasteiger partial charge in [0, 0.05) is 23.2 Å². The molecule has 1 fully saturated rings. The number of fused-ring (bicyclic) bond motifs is 1. The maximum absolute atomic E-state index is 10.3. The summed E-state index contributed by atoms with van der Waals surface area (Å²) >= 11 is 0. The highest BCUT2D eigenvalue weighted by molar-refractivity contribution is 5.79. The zero-order valence-corrected chi connectivity index (χ0v) is 8.93. The molecule has 1 heterocycles. The number of aliphatic hydroxyl groups is 1. The molecule has 1 aromatic heterocycles. The highest BCUT2D eigenvalue weighted by Gasteiger charge is 2.42. The number of para-hydroxylation sites is 1. The third kappa shape index (κ3) is 1.40. The highest BCUT2D eigenvalue weighted by atomic mass is 16.3. The second-order valence-corrected chi connectivity index (χ2v) is 4.62. The van der Waals surface area contributed by atoms with Gasteiger partial charge in [-0.05, 0) is 25.0 Å². The van der Waals surface area contributed by atoms with Gasteiger partial charge in [-0.3, -0.25) is 4.98 Å². The maximum atomic E-state index is 10.3. The average molecular weight is 214 g/mol. The predicted octanol–water partition coefficient (Wildman–Crippen LogP) is 1.54. The van der Waals surface area contributed by atoms with Gasteiger partial charge >= 0.3 is 0 Å². The molecule has 16 heavy (non-hydrogen) atoms. The minimum atomic E-state index is -0.754. The first-order chi connectivity index (χ1) is 7.67. The molecule has 1 aliphatic carbocycles. The molecule has 0 saturated heterocycles. The highest BCUT2D eigenvalue weighted by Crippen LogP contribution is 2.40. The lowest BCUT2D eigenvalue weighted by Gasteiger charge is -2.41. The Morgan fingerprint density at radius 1 is 1.31 bits per heavy atom. The zero-order valence-electron chi connectivity index (χ0n) is 8.93. The van der Waals surface area contributed by atoms with Crippen LogP contribution in [0.5, 0.6) is 0 Å². The average Bonchev–Trinajstić information content (AvgIpc) is 2.26. The summed E-state index contributed by atoms with van der Waals surface area (Å²) < 4.78 is 0. The van der Waals surface area contributed by atoms with Crippen LogP contribution in [0.4, 0.5) is 0 Å². The molecule has 2 aromatic rings. The van der Waals surface area contributed by atoms with Gasteiger partial charge in [0.1, 0.15) is 0 Å². The molecule has 0 atom stereocenters. The summed E-state index contributed by atoms with van der Waals surface area (Å²) in [5.74, 6) is 0. The normalized spacial score (nSPS) is 29.0. The van der Waals surface area contributed by atoms with E-state index < -0.39 is 5.60 Å². The van der Waals surface area contributed by atoms with E-state index in [2.05, 4.69) is 4.98 Å². The molecule has 0 amide bonds. The molecule has 1 saturated carbocycles. The molecule has 0 aliphatic heterocycles. The quantitative estimate of drug-likeness (QED) is 0.757. The summed E-state index contributed by atoms with van der Waals surface area (Å²) in [6, 6.07) is 10.0. The Balaban J connectivity index is 2.06. The molecule has 0 spiro atoms. The van der Waals surface area contributed by atoms with Crippen LogP contribution in [0.1, 0.15) is 18.4 Å². The van der Waals surface area contributed by atoms with Crippen molar-refractivity contribution in [2.45, 2.75) is 24.5 Å². The largest absolute Gasteiger partial charge is 0.385 e. The van der Waals surface area contributed by atoms with Crippen molar-refractivity contribution < 1.29 is 5.11 Å². The summed E-state index contributed by atoms with van der Waals surface area (Å²) in [7, 11) is 0. The van der Waals surface area contributed by atoms with Crippen molar-refractivity contribution in [3.8, 4) is 0 Å². The summed E-state index contributed by atoms with van der Waals surface area (Å²) in [5, 5.41) is 11.4. The van der Waals surface area contributed by atoms with Crippen LogP contribution in [0.15, 0.2) is 36.5 Å². The van der Waals surface area contributed by atoms with E-state index in [1.807, 2.05) is 30.3 Å². The predicted molar refractivity (Wildman–Crippen MR) is 62.8 cm³/mol. The smallest absolute Gasteiger partial charge is 0.0941 e. The van der Waals surface area contributed by atoms with Crippen LogP contribution in [-0.2, 0) is 5.60 Å². The van der Waals surface area contributed by atoms with Crippen LogP contribution < -0.4 is 5.73 Å². The Morgan fingerprint density at radius 2 is 2.06 bits per heavy atom. The number of hydrogen-bond acceptors (Lipinski definition) is 3. The summed E-state index contributed by atoms with van der Waals surface area (Å²) in [5.41, 5.74) is 6.81.